The minimum absolute atomic E-state index is 0.0166. The van der Waals surface area contributed by atoms with Crippen LogP contribution in [0.3, 0.4) is 0 Å². The van der Waals surface area contributed by atoms with Crippen LogP contribution in [0.15, 0.2) is 12.2 Å². The zero-order chi connectivity index (χ0) is 65.7. The summed E-state index contributed by atoms with van der Waals surface area (Å²) in [4.78, 5) is 169. The zero-order valence-corrected chi connectivity index (χ0v) is 55.3. The molecule has 0 unspecified atom stereocenters. The molecule has 0 bridgehead atoms. The highest BCUT2D eigenvalue weighted by atomic mass is 16.3. The van der Waals surface area contributed by atoms with E-state index in [2.05, 4.69) is 16.0 Å². The van der Waals surface area contributed by atoms with E-state index >= 15 is 14.4 Å². The maximum Gasteiger partial charge on any atom is 0.266 e. The Bertz CT molecular complexity index is 2400. The quantitative estimate of drug-likeness (QED) is 0.147. The van der Waals surface area contributed by atoms with Gasteiger partial charge in [-0.15, -0.1) is 0 Å². The van der Waals surface area contributed by atoms with E-state index in [-0.39, 0.29) is 49.9 Å². The molecule has 11 amide bonds. The first-order chi connectivity index (χ1) is 39.3. The van der Waals surface area contributed by atoms with Gasteiger partial charge in [-0.25, -0.2) is 10.0 Å². The molecule has 24 nitrogen and oxygen atoms in total. The second-order valence-electron chi connectivity index (χ2n) is 25.8. The number of carbonyl (C=O) groups is 11. The molecule has 2 rings (SSSR count). The molecule has 0 radical (unpaired) electrons. The molecule has 2 aliphatic heterocycles. The Kier molecular flexibility index (Phi) is 28.7. The smallest absolute Gasteiger partial charge is 0.266 e. The van der Waals surface area contributed by atoms with Gasteiger partial charge in [0, 0.05) is 54.8 Å². The summed E-state index contributed by atoms with van der Waals surface area (Å²) >= 11 is 0. The molecule has 2 saturated heterocycles. The van der Waals surface area contributed by atoms with Gasteiger partial charge in [-0.2, -0.15) is 0 Å². The lowest BCUT2D eigenvalue weighted by Crippen LogP contribution is -2.76. The van der Waals surface area contributed by atoms with Gasteiger partial charge in [-0.3, -0.25) is 52.7 Å². The van der Waals surface area contributed by atoms with Gasteiger partial charge in [0.1, 0.15) is 66.5 Å². The standard InChI is InChI=1S/C61H107N11O13/c1-24-26-27-37(13)50(74)49-53(77)63-42(25-2)57(81)65(18)40(16)55(79)69(22)48(38(14)31-73)52(76)64-46(35(9)10)60(84)66(19)43(28-32(3)4)51(75)62-39(15)54(78)71-41(17)56(80)72(71)45(30-34(7)8)59(83)67(20)44(29-33(5)6)58(82)68(21)47(36(11)12)61(85)70(49)23/h24,26,32-50,73-74H,25,27-31H2,1-23H3,(H,62,75)(H,63,77)(H,64,76)/b26-24+/t37-,38+,39+,40-,41-,42+,43+,44+,45+,46+,47+,48+,49+,50-/m1/s1. The molecule has 0 aromatic rings. The van der Waals surface area contributed by atoms with Gasteiger partial charge in [0.15, 0.2) is 0 Å². The molecular formula is C61H107N11O13. The van der Waals surface area contributed by atoms with Crippen LogP contribution in [0.5, 0.6) is 0 Å². The van der Waals surface area contributed by atoms with Crippen molar-refractivity contribution in [2.24, 2.45) is 41.4 Å². The van der Waals surface area contributed by atoms with Gasteiger partial charge in [0.05, 0.1) is 6.10 Å². The summed E-state index contributed by atoms with van der Waals surface area (Å²) in [6, 6.07) is -14.4. The van der Waals surface area contributed by atoms with E-state index in [4.69, 9.17) is 0 Å². The van der Waals surface area contributed by atoms with Crippen molar-refractivity contribution in [1.29, 1.82) is 0 Å². The number of fused-ring (bicyclic) bond motifs is 1. The van der Waals surface area contributed by atoms with Crippen LogP contribution in [0.4, 0.5) is 0 Å². The molecule has 24 heteroatoms. The number of hydrogen-bond acceptors (Lipinski definition) is 13. The molecule has 484 valence electrons. The number of hydrazine groups is 1. The van der Waals surface area contributed by atoms with Crippen LogP contribution in [0.25, 0.3) is 0 Å². The predicted molar refractivity (Wildman–Crippen MR) is 323 cm³/mol. The zero-order valence-electron chi connectivity index (χ0n) is 55.3. The van der Waals surface area contributed by atoms with Gasteiger partial charge >= 0.3 is 0 Å². The van der Waals surface area contributed by atoms with Crippen LogP contribution in [0.2, 0.25) is 0 Å². The highest BCUT2D eigenvalue weighted by Crippen LogP contribution is 2.31. The number of hydrogen-bond donors (Lipinski definition) is 5. The summed E-state index contributed by atoms with van der Waals surface area (Å²) in [7, 11) is 8.23. The summed E-state index contributed by atoms with van der Waals surface area (Å²) < 4.78 is 0. The van der Waals surface area contributed by atoms with Crippen LogP contribution in [0.1, 0.15) is 150 Å². The number of carbonyl (C=O) groups excluding carboxylic acids is 11. The molecule has 0 spiro atoms. The van der Waals surface area contributed by atoms with Crippen molar-refractivity contribution in [3.05, 3.63) is 12.2 Å². The van der Waals surface area contributed by atoms with Crippen molar-refractivity contribution >= 4 is 65.0 Å². The fraction of sp³-hybridized carbons (Fsp3) is 0.787. The first-order valence-corrected chi connectivity index (χ1v) is 30.4. The van der Waals surface area contributed by atoms with E-state index in [0.717, 1.165) is 24.7 Å². The Balaban J connectivity index is 3.08. The normalized spacial score (nSPS) is 28.4. The van der Waals surface area contributed by atoms with Crippen LogP contribution >= 0.6 is 0 Å². The predicted octanol–water partition coefficient (Wildman–Crippen LogP) is 2.25. The van der Waals surface area contributed by atoms with E-state index in [9.17, 15) is 48.6 Å². The molecule has 2 aliphatic rings. The van der Waals surface area contributed by atoms with Gasteiger partial charge < -0.3 is 55.6 Å². The van der Waals surface area contributed by atoms with Gasteiger partial charge in [0.2, 0.25) is 53.2 Å². The van der Waals surface area contributed by atoms with E-state index in [1.54, 1.807) is 60.6 Å². The number of allylic oxidation sites excluding steroid dienone is 2. The van der Waals surface area contributed by atoms with Crippen molar-refractivity contribution in [2.45, 2.75) is 222 Å². The number of nitrogens with one attached hydrogen (secondary N) is 3. The van der Waals surface area contributed by atoms with Crippen LogP contribution < -0.4 is 16.0 Å². The topological polar surface area (TPSA) is 290 Å². The Morgan fingerprint density at radius 2 is 0.941 bits per heavy atom. The number of amides is 11. The molecule has 0 aliphatic carbocycles. The Morgan fingerprint density at radius 1 is 0.471 bits per heavy atom. The maximum absolute atomic E-state index is 15.2. The first-order valence-electron chi connectivity index (χ1n) is 30.4. The average molecular weight is 1200 g/mol. The monoisotopic (exact) mass is 1200 g/mol. The summed E-state index contributed by atoms with van der Waals surface area (Å²) in [5.41, 5.74) is 0. The van der Waals surface area contributed by atoms with E-state index < -0.39 is 168 Å². The molecule has 85 heavy (non-hydrogen) atoms. The summed E-state index contributed by atoms with van der Waals surface area (Å²) in [5, 5.41) is 33.1. The second-order valence-corrected chi connectivity index (χ2v) is 25.8. The number of aliphatic hydroxyl groups excluding tert-OH is 2. The molecule has 2 heterocycles. The third-order valence-corrected chi connectivity index (χ3v) is 16.8. The fourth-order valence-corrected chi connectivity index (χ4v) is 11.3. The van der Waals surface area contributed by atoms with Crippen LogP contribution in [-0.4, -0.2) is 236 Å². The van der Waals surface area contributed by atoms with Crippen molar-refractivity contribution in [2.75, 3.05) is 48.9 Å². The van der Waals surface area contributed by atoms with E-state index in [0.29, 0.717) is 0 Å². The largest absolute Gasteiger partial charge is 0.396 e. The van der Waals surface area contributed by atoms with Gasteiger partial charge in [-0.1, -0.05) is 102 Å². The molecule has 0 aromatic carbocycles. The lowest BCUT2D eigenvalue weighted by molar-refractivity contribution is -0.211. The first kappa shape index (κ1) is 74.9. The maximum atomic E-state index is 15.2. The van der Waals surface area contributed by atoms with E-state index in [1.807, 2.05) is 41.5 Å². The lowest BCUT2D eigenvalue weighted by Gasteiger charge is -2.53. The SMILES string of the molecule is C/C=C/C[C@@H](C)[C@@H](O)[C@H]1C(=O)N[C@@H](CC)C(=O)N(C)[C@H](C)C(=O)N(C)[C@@H]([C@@H](C)CO)C(=O)N[C@@H](C(C)C)C(=O)N(C)[C@@H](CC(C)C)C(=O)N[C@@H](C)C(=O)N2[C@H](C)C(=O)N2[C@@H](CC(C)C)C(=O)N(C)[C@@H](CC(C)C)C(=O)N(C)[C@@H](C(C)C)C(=O)N1C. The summed E-state index contributed by atoms with van der Waals surface area (Å²) in [5.74, 6) is -11.4. The minimum atomic E-state index is -1.65. The Hall–Kier alpha value is -6.17. The molecule has 0 saturated carbocycles. The third kappa shape index (κ3) is 18.0. The Labute approximate surface area is 506 Å². The van der Waals surface area contributed by atoms with Crippen molar-refractivity contribution in [3.8, 4) is 0 Å². The number of likely N-dealkylation sites (N-methyl/N-ethyl adjacent to an activating group) is 6. The fourth-order valence-electron chi connectivity index (χ4n) is 11.3. The minimum Gasteiger partial charge on any atom is -0.396 e. The molecule has 0 aromatic heterocycles. The van der Waals surface area contributed by atoms with Gasteiger partial charge in [0.25, 0.3) is 11.8 Å². The number of nitrogens with zero attached hydrogens (tertiary/aromatic N) is 8. The summed E-state index contributed by atoms with van der Waals surface area (Å²) in [6.45, 7) is 28.2. The van der Waals surface area contributed by atoms with E-state index in [1.165, 1.54) is 84.7 Å². The third-order valence-electron chi connectivity index (χ3n) is 16.8. The molecule has 5 N–H and O–H groups in total. The highest BCUT2D eigenvalue weighted by molar-refractivity contribution is 6.02. The Morgan fingerprint density at radius 3 is 1.42 bits per heavy atom. The van der Waals surface area contributed by atoms with Gasteiger partial charge in [-0.05, 0) is 95.3 Å². The number of aliphatic hydroxyl groups is 2. The van der Waals surface area contributed by atoms with Crippen LogP contribution in [0, 0.1) is 41.4 Å². The van der Waals surface area contributed by atoms with Crippen LogP contribution in [-0.2, 0) is 52.7 Å². The molecule has 14 atom stereocenters. The molecular weight excluding hydrogens is 1090 g/mol. The molecule has 2 fully saturated rings. The summed E-state index contributed by atoms with van der Waals surface area (Å²) in [6.07, 6.45) is 2.55. The lowest BCUT2D eigenvalue weighted by atomic mass is 9.91. The second kappa shape index (κ2) is 32.5. The number of rotatable bonds is 15. The average Bonchev–Trinajstić information content (AvgIpc) is 1.47. The highest BCUT2D eigenvalue weighted by Gasteiger charge is 2.54. The van der Waals surface area contributed by atoms with Crippen molar-refractivity contribution in [3.63, 3.8) is 0 Å². The van der Waals surface area contributed by atoms with Crippen molar-refractivity contribution < 1.29 is 63.0 Å². The van der Waals surface area contributed by atoms with Crippen molar-refractivity contribution in [1.82, 2.24) is 55.4 Å².